The maximum absolute atomic E-state index is 12.4. The number of nitrogens with zero attached hydrogens (tertiary/aromatic N) is 2. The van der Waals surface area contributed by atoms with Gasteiger partial charge in [0.1, 0.15) is 22.2 Å². The van der Waals surface area contributed by atoms with Gasteiger partial charge in [-0.1, -0.05) is 0 Å². The second-order valence-electron chi connectivity index (χ2n) is 6.39. The largest absolute Gasteiger partial charge is 0.495 e. The first-order valence-corrected chi connectivity index (χ1v) is 9.71. The number of anilines is 1. The molecule has 27 heavy (non-hydrogen) atoms. The van der Waals surface area contributed by atoms with E-state index in [1.165, 1.54) is 33.3 Å². The van der Waals surface area contributed by atoms with E-state index in [1.54, 1.807) is 18.0 Å². The fourth-order valence-electron chi connectivity index (χ4n) is 2.49. The van der Waals surface area contributed by atoms with Crippen molar-refractivity contribution in [3.8, 4) is 5.75 Å². The van der Waals surface area contributed by atoms with Crippen LogP contribution in [0.5, 0.6) is 5.75 Å². The molecule has 2 aromatic rings. The number of hydrogen-bond acceptors (Lipinski definition) is 6. The van der Waals surface area contributed by atoms with Crippen molar-refractivity contribution in [2.45, 2.75) is 18.4 Å². The quantitative estimate of drug-likeness (QED) is 0.734. The Hall–Kier alpha value is -2.36. The van der Waals surface area contributed by atoms with Crippen molar-refractivity contribution in [3.05, 3.63) is 41.9 Å². The van der Waals surface area contributed by atoms with Crippen LogP contribution in [0.4, 0.5) is 5.69 Å². The van der Waals surface area contributed by atoms with Gasteiger partial charge in [-0.25, -0.2) is 12.7 Å². The number of ether oxygens (including phenoxy) is 1. The molecular weight excluding hydrogens is 370 g/mol. The number of aryl methyl sites for hydroxylation is 1. The van der Waals surface area contributed by atoms with Crippen LogP contribution < -0.4 is 10.1 Å². The van der Waals surface area contributed by atoms with Crippen LogP contribution in [0.3, 0.4) is 0 Å². The van der Waals surface area contributed by atoms with E-state index in [0.717, 1.165) is 15.8 Å². The van der Waals surface area contributed by atoms with Crippen molar-refractivity contribution in [2.24, 2.45) is 0 Å². The number of benzene rings is 1. The molecule has 0 unspecified atom stereocenters. The van der Waals surface area contributed by atoms with Gasteiger partial charge in [-0.2, -0.15) is 0 Å². The fraction of sp³-hybridized carbons (Fsp3) is 0.389. The Bertz CT molecular complexity index is 905. The lowest BCUT2D eigenvalue weighted by molar-refractivity contribution is -0.117. The maximum atomic E-state index is 12.4. The SMILES string of the molecule is COc1ccc(NC(=O)CN(C)Cc2ccc(C)o2)cc1S(=O)(=O)N(C)C. The number of rotatable bonds is 8. The predicted octanol–water partition coefficient (Wildman–Crippen LogP) is 1.92. The van der Waals surface area contributed by atoms with Crippen LogP contribution in [0, 0.1) is 6.92 Å². The molecule has 1 amide bonds. The van der Waals surface area contributed by atoms with E-state index in [-0.39, 0.29) is 23.1 Å². The molecule has 1 aromatic heterocycles. The Morgan fingerprint density at radius 1 is 1.19 bits per heavy atom. The van der Waals surface area contributed by atoms with Crippen LogP contribution in [0.1, 0.15) is 11.5 Å². The van der Waals surface area contributed by atoms with E-state index in [0.29, 0.717) is 12.2 Å². The molecule has 0 fully saturated rings. The third kappa shape index (κ3) is 5.31. The normalized spacial score (nSPS) is 11.8. The van der Waals surface area contributed by atoms with Crippen LogP contribution in [-0.4, -0.2) is 58.3 Å². The molecule has 0 aliphatic rings. The zero-order valence-corrected chi connectivity index (χ0v) is 17.0. The summed E-state index contributed by atoms with van der Waals surface area (Å²) in [6, 6.07) is 8.24. The fourth-order valence-corrected chi connectivity index (χ4v) is 3.57. The summed E-state index contributed by atoms with van der Waals surface area (Å²) in [5.41, 5.74) is 0.378. The lowest BCUT2D eigenvalue weighted by Gasteiger charge is -2.17. The van der Waals surface area contributed by atoms with Gasteiger partial charge < -0.3 is 14.5 Å². The van der Waals surface area contributed by atoms with Gasteiger partial charge in [-0.05, 0) is 44.3 Å². The summed E-state index contributed by atoms with van der Waals surface area (Å²) >= 11 is 0. The Morgan fingerprint density at radius 2 is 1.89 bits per heavy atom. The molecule has 0 saturated carbocycles. The summed E-state index contributed by atoms with van der Waals surface area (Å²) in [5.74, 6) is 1.54. The second kappa shape index (κ2) is 8.55. The zero-order valence-electron chi connectivity index (χ0n) is 16.1. The number of carbonyl (C=O) groups excluding carboxylic acids is 1. The maximum Gasteiger partial charge on any atom is 0.246 e. The minimum atomic E-state index is -3.71. The molecule has 0 aliphatic carbocycles. The molecule has 0 radical (unpaired) electrons. The molecule has 9 heteroatoms. The minimum Gasteiger partial charge on any atom is -0.495 e. The molecule has 1 heterocycles. The lowest BCUT2D eigenvalue weighted by Crippen LogP contribution is -2.30. The van der Waals surface area contributed by atoms with Gasteiger partial charge in [-0.15, -0.1) is 0 Å². The van der Waals surface area contributed by atoms with Gasteiger partial charge in [-0.3, -0.25) is 9.69 Å². The molecule has 2 rings (SSSR count). The third-order valence-electron chi connectivity index (χ3n) is 3.84. The van der Waals surface area contributed by atoms with Crippen molar-refractivity contribution >= 4 is 21.6 Å². The van der Waals surface area contributed by atoms with Crippen molar-refractivity contribution in [1.29, 1.82) is 0 Å². The van der Waals surface area contributed by atoms with E-state index >= 15 is 0 Å². The first kappa shape index (κ1) is 20.9. The molecule has 0 aliphatic heterocycles. The molecular formula is C18H25N3O5S. The summed E-state index contributed by atoms with van der Waals surface area (Å²) in [6.07, 6.45) is 0. The molecule has 1 aromatic carbocycles. The number of hydrogen-bond donors (Lipinski definition) is 1. The van der Waals surface area contributed by atoms with E-state index in [2.05, 4.69) is 5.32 Å². The van der Waals surface area contributed by atoms with Crippen molar-refractivity contribution in [2.75, 3.05) is 40.1 Å². The monoisotopic (exact) mass is 395 g/mol. The lowest BCUT2D eigenvalue weighted by atomic mass is 10.3. The van der Waals surface area contributed by atoms with Crippen molar-refractivity contribution in [1.82, 2.24) is 9.21 Å². The molecule has 148 valence electrons. The summed E-state index contributed by atoms with van der Waals surface area (Å²) in [5, 5.41) is 2.72. The molecule has 1 N–H and O–H groups in total. The molecule has 8 nitrogen and oxygen atoms in total. The van der Waals surface area contributed by atoms with Crippen LogP contribution >= 0.6 is 0 Å². The standard InChI is InChI=1S/C18H25N3O5S/c1-13-6-8-15(26-13)11-21(4)12-18(22)19-14-7-9-16(25-5)17(10-14)27(23,24)20(2)3/h6-10H,11-12H2,1-5H3,(H,19,22). The number of amides is 1. The average Bonchev–Trinajstić information content (AvgIpc) is 2.99. The highest BCUT2D eigenvalue weighted by molar-refractivity contribution is 7.89. The Morgan fingerprint density at radius 3 is 2.44 bits per heavy atom. The number of carbonyl (C=O) groups is 1. The highest BCUT2D eigenvalue weighted by Gasteiger charge is 2.23. The Kier molecular flexibility index (Phi) is 6.63. The summed E-state index contributed by atoms with van der Waals surface area (Å²) in [6.45, 7) is 2.48. The van der Waals surface area contributed by atoms with Gasteiger partial charge in [0, 0.05) is 19.8 Å². The van der Waals surface area contributed by atoms with Gasteiger partial charge >= 0.3 is 0 Å². The first-order valence-electron chi connectivity index (χ1n) is 8.27. The molecule has 0 atom stereocenters. The number of furan rings is 1. The number of likely N-dealkylation sites (N-methyl/N-ethyl adjacent to an activating group) is 1. The summed E-state index contributed by atoms with van der Waals surface area (Å²) in [7, 11) is 2.36. The zero-order chi connectivity index (χ0) is 20.2. The average molecular weight is 395 g/mol. The highest BCUT2D eigenvalue weighted by atomic mass is 32.2. The molecule has 0 saturated heterocycles. The highest BCUT2D eigenvalue weighted by Crippen LogP contribution is 2.28. The number of sulfonamides is 1. The summed E-state index contributed by atoms with van der Waals surface area (Å²) in [4.78, 5) is 14.1. The van der Waals surface area contributed by atoms with Gasteiger partial charge in [0.05, 0.1) is 20.2 Å². The minimum absolute atomic E-state index is 0.00721. The molecule has 0 bridgehead atoms. The summed E-state index contributed by atoms with van der Waals surface area (Å²) < 4.78 is 36.6. The van der Waals surface area contributed by atoms with Gasteiger partial charge in [0.2, 0.25) is 15.9 Å². The van der Waals surface area contributed by atoms with E-state index in [4.69, 9.17) is 9.15 Å². The number of methoxy groups -OCH3 is 1. The van der Waals surface area contributed by atoms with E-state index in [1.807, 2.05) is 19.1 Å². The first-order chi connectivity index (χ1) is 12.6. The van der Waals surface area contributed by atoms with Crippen molar-refractivity contribution < 1.29 is 22.4 Å². The van der Waals surface area contributed by atoms with Crippen molar-refractivity contribution in [3.63, 3.8) is 0 Å². The topological polar surface area (TPSA) is 92.1 Å². The van der Waals surface area contributed by atoms with E-state index < -0.39 is 10.0 Å². The number of nitrogens with one attached hydrogen (secondary N) is 1. The van der Waals surface area contributed by atoms with Crippen LogP contribution in [0.2, 0.25) is 0 Å². The van der Waals surface area contributed by atoms with E-state index in [9.17, 15) is 13.2 Å². The van der Waals surface area contributed by atoms with Crippen LogP contribution in [-0.2, 0) is 21.4 Å². The van der Waals surface area contributed by atoms with Crippen LogP contribution in [0.15, 0.2) is 39.6 Å². The molecule has 0 spiro atoms. The Labute approximate surface area is 159 Å². The predicted molar refractivity (Wildman–Crippen MR) is 102 cm³/mol. The third-order valence-corrected chi connectivity index (χ3v) is 5.68. The second-order valence-corrected chi connectivity index (χ2v) is 8.51. The van der Waals surface area contributed by atoms with Gasteiger partial charge in [0.15, 0.2) is 0 Å². The Balaban J connectivity index is 2.09. The van der Waals surface area contributed by atoms with Crippen LogP contribution in [0.25, 0.3) is 0 Å². The smallest absolute Gasteiger partial charge is 0.246 e. The van der Waals surface area contributed by atoms with Gasteiger partial charge in [0.25, 0.3) is 0 Å².